The van der Waals surface area contributed by atoms with E-state index in [-0.39, 0.29) is 5.56 Å². The monoisotopic (exact) mass is 232 g/mol. The second-order valence-electron chi connectivity index (χ2n) is 4.57. The third kappa shape index (κ3) is 1.54. The minimum absolute atomic E-state index is 0.163. The molecule has 1 aliphatic heterocycles. The van der Waals surface area contributed by atoms with Crippen LogP contribution in [-0.4, -0.2) is 15.8 Å². The maximum Gasteiger partial charge on any atom is 0.258 e. The lowest BCUT2D eigenvalue weighted by Crippen LogP contribution is -2.29. The highest BCUT2D eigenvalue weighted by atomic mass is 16.7. The topological polar surface area (TPSA) is 64.2 Å². The lowest BCUT2D eigenvalue weighted by atomic mass is 10.2. The van der Waals surface area contributed by atoms with Gasteiger partial charge in [-0.1, -0.05) is 0 Å². The van der Waals surface area contributed by atoms with E-state index in [0.29, 0.717) is 28.2 Å². The molecule has 1 N–H and O–H groups in total. The molecule has 17 heavy (non-hydrogen) atoms. The molecule has 1 aliphatic rings. The van der Waals surface area contributed by atoms with Crippen molar-refractivity contribution in [1.82, 2.24) is 9.97 Å². The van der Waals surface area contributed by atoms with Crippen molar-refractivity contribution in [2.24, 2.45) is 0 Å². The third-order valence-electron chi connectivity index (χ3n) is 2.60. The zero-order valence-electron chi connectivity index (χ0n) is 9.83. The minimum atomic E-state index is -0.693. The quantitative estimate of drug-likeness (QED) is 0.751. The lowest BCUT2D eigenvalue weighted by Gasteiger charge is -2.16. The molecule has 0 unspecified atom stereocenters. The second-order valence-corrected chi connectivity index (χ2v) is 4.57. The predicted octanol–water partition coefficient (Wildman–Crippen LogP) is 1.74. The van der Waals surface area contributed by atoms with Gasteiger partial charge in [-0.05, 0) is 13.0 Å². The number of rotatable bonds is 0. The summed E-state index contributed by atoms with van der Waals surface area (Å²) in [7, 11) is 0. The van der Waals surface area contributed by atoms with Crippen molar-refractivity contribution < 1.29 is 9.47 Å². The lowest BCUT2D eigenvalue weighted by molar-refractivity contribution is -0.0431. The Morgan fingerprint density at radius 2 is 1.88 bits per heavy atom. The van der Waals surface area contributed by atoms with Gasteiger partial charge < -0.3 is 14.5 Å². The Bertz CT molecular complexity index is 673. The second kappa shape index (κ2) is 3.00. The van der Waals surface area contributed by atoms with Crippen molar-refractivity contribution in [2.45, 2.75) is 26.6 Å². The first kappa shape index (κ1) is 10.1. The number of aromatic amines is 1. The average molecular weight is 232 g/mol. The molecule has 0 aliphatic carbocycles. The van der Waals surface area contributed by atoms with E-state index in [1.165, 1.54) is 0 Å². The van der Waals surface area contributed by atoms with Gasteiger partial charge >= 0.3 is 0 Å². The molecule has 0 saturated heterocycles. The molecule has 0 amide bonds. The number of aromatic nitrogens is 2. The fourth-order valence-corrected chi connectivity index (χ4v) is 1.97. The van der Waals surface area contributed by atoms with Crippen LogP contribution in [0.5, 0.6) is 11.5 Å². The molecule has 1 aromatic carbocycles. The van der Waals surface area contributed by atoms with Crippen LogP contribution in [0.25, 0.3) is 10.9 Å². The molecule has 0 radical (unpaired) electrons. The Balaban J connectivity index is 2.31. The normalized spacial score (nSPS) is 16.4. The highest BCUT2D eigenvalue weighted by molar-refractivity contribution is 5.82. The van der Waals surface area contributed by atoms with Gasteiger partial charge in [0, 0.05) is 19.9 Å². The van der Waals surface area contributed by atoms with Gasteiger partial charge in [0.05, 0.1) is 10.9 Å². The number of hydrogen-bond donors (Lipinski definition) is 1. The van der Waals surface area contributed by atoms with Crippen LogP contribution >= 0.6 is 0 Å². The average Bonchev–Trinajstić information content (AvgIpc) is 2.48. The van der Waals surface area contributed by atoms with E-state index in [1.807, 2.05) is 13.8 Å². The molecule has 0 spiro atoms. The van der Waals surface area contributed by atoms with Gasteiger partial charge in [0.15, 0.2) is 11.5 Å². The van der Waals surface area contributed by atoms with E-state index in [0.717, 1.165) is 0 Å². The first-order valence-corrected chi connectivity index (χ1v) is 5.37. The van der Waals surface area contributed by atoms with Crippen LogP contribution in [-0.2, 0) is 0 Å². The Hall–Kier alpha value is -2.04. The van der Waals surface area contributed by atoms with E-state index >= 15 is 0 Å². The molecule has 2 heterocycles. The zero-order chi connectivity index (χ0) is 12.2. The van der Waals surface area contributed by atoms with Gasteiger partial charge in [-0.2, -0.15) is 0 Å². The first-order chi connectivity index (χ1) is 7.94. The van der Waals surface area contributed by atoms with Crippen LogP contribution in [0.1, 0.15) is 19.7 Å². The predicted molar refractivity (Wildman–Crippen MR) is 62.4 cm³/mol. The van der Waals surface area contributed by atoms with Gasteiger partial charge in [0.2, 0.25) is 5.79 Å². The number of nitrogens with zero attached hydrogens (tertiary/aromatic N) is 1. The largest absolute Gasteiger partial charge is 0.449 e. The summed E-state index contributed by atoms with van der Waals surface area (Å²) in [6, 6.07) is 3.41. The van der Waals surface area contributed by atoms with Crippen molar-refractivity contribution in [2.75, 3.05) is 0 Å². The van der Waals surface area contributed by atoms with E-state index in [4.69, 9.17) is 9.47 Å². The van der Waals surface area contributed by atoms with Crippen molar-refractivity contribution in [3.8, 4) is 11.5 Å². The molecule has 0 bridgehead atoms. The first-order valence-electron chi connectivity index (χ1n) is 5.37. The molecule has 5 heteroatoms. The number of fused-ring (bicyclic) bond motifs is 2. The summed E-state index contributed by atoms with van der Waals surface area (Å²) in [6.07, 6.45) is 0. The maximum absolute atomic E-state index is 11.8. The van der Waals surface area contributed by atoms with Gasteiger partial charge in [-0.25, -0.2) is 4.98 Å². The molecule has 0 atom stereocenters. The van der Waals surface area contributed by atoms with Gasteiger partial charge in [0.1, 0.15) is 5.82 Å². The summed E-state index contributed by atoms with van der Waals surface area (Å²) < 4.78 is 11.2. The van der Waals surface area contributed by atoms with E-state index in [9.17, 15) is 4.79 Å². The van der Waals surface area contributed by atoms with Gasteiger partial charge in [-0.3, -0.25) is 4.79 Å². The summed E-state index contributed by atoms with van der Waals surface area (Å²) in [4.78, 5) is 18.7. The van der Waals surface area contributed by atoms with Crippen LogP contribution in [0.15, 0.2) is 16.9 Å². The van der Waals surface area contributed by atoms with Crippen molar-refractivity contribution in [3.05, 3.63) is 28.3 Å². The third-order valence-corrected chi connectivity index (χ3v) is 2.60. The minimum Gasteiger partial charge on any atom is -0.449 e. The fourth-order valence-electron chi connectivity index (χ4n) is 1.97. The van der Waals surface area contributed by atoms with Gasteiger partial charge in [0.25, 0.3) is 5.56 Å². The molecule has 0 saturated carbocycles. The molecule has 5 nitrogen and oxygen atoms in total. The SMILES string of the molecule is Cc1nc2cc3c(cc2c(=O)[nH]1)OC(C)(C)O3. The number of nitrogens with one attached hydrogen (secondary N) is 1. The molecule has 2 aromatic rings. The van der Waals surface area contributed by atoms with Crippen LogP contribution in [0, 0.1) is 6.92 Å². The highest BCUT2D eigenvalue weighted by Gasteiger charge is 2.32. The van der Waals surface area contributed by atoms with E-state index in [1.54, 1.807) is 19.1 Å². The van der Waals surface area contributed by atoms with E-state index in [2.05, 4.69) is 9.97 Å². The molecule has 88 valence electrons. The van der Waals surface area contributed by atoms with Crippen LogP contribution < -0.4 is 15.0 Å². The summed E-state index contributed by atoms with van der Waals surface area (Å²) in [5.41, 5.74) is 0.454. The standard InChI is InChI=1S/C12H12N2O3/c1-6-13-8-5-10-9(16-12(2,3)17-10)4-7(8)11(15)14-6/h4-5H,1-3H3,(H,13,14,15). The molecular weight excluding hydrogens is 220 g/mol. The molecule has 1 aromatic heterocycles. The Morgan fingerprint density at radius 1 is 1.24 bits per heavy atom. The summed E-state index contributed by atoms with van der Waals surface area (Å²) >= 11 is 0. The van der Waals surface area contributed by atoms with E-state index < -0.39 is 5.79 Å². The van der Waals surface area contributed by atoms with Crippen molar-refractivity contribution in [1.29, 1.82) is 0 Å². The number of benzene rings is 1. The smallest absolute Gasteiger partial charge is 0.258 e. The fraction of sp³-hybridized carbons (Fsp3) is 0.333. The van der Waals surface area contributed by atoms with Gasteiger partial charge in [-0.15, -0.1) is 0 Å². The summed E-state index contributed by atoms with van der Waals surface area (Å²) in [6.45, 7) is 5.39. The number of aryl methyl sites for hydroxylation is 1. The Kier molecular flexibility index (Phi) is 1.79. The van der Waals surface area contributed by atoms with Crippen LogP contribution in [0.2, 0.25) is 0 Å². The summed E-state index contributed by atoms with van der Waals surface area (Å²) in [5.74, 6) is 1.10. The molecular formula is C12H12N2O3. The number of H-pyrrole nitrogens is 1. The molecule has 0 fully saturated rings. The van der Waals surface area contributed by atoms with Crippen molar-refractivity contribution >= 4 is 10.9 Å². The molecule has 3 rings (SSSR count). The zero-order valence-corrected chi connectivity index (χ0v) is 9.83. The Morgan fingerprint density at radius 3 is 2.59 bits per heavy atom. The van der Waals surface area contributed by atoms with Crippen LogP contribution in [0.3, 0.4) is 0 Å². The maximum atomic E-state index is 11.8. The number of hydrogen-bond acceptors (Lipinski definition) is 4. The Labute approximate surface area is 97.4 Å². The number of ether oxygens (including phenoxy) is 2. The summed E-state index contributed by atoms with van der Waals surface area (Å²) in [5, 5.41) is 0.510. The van der Waals surface area contributed by atoms with Crippen LogP contribution in [0.4, 0.5) is 0 Å². The van der Waals surface area contributed by atoms with Crippen molar-refractivity contribution in [3.63, 3.8) is 0 Å². The highest BCUT2D eigenvalue weighted by Crippen LogP contribution is 2.40.